The second-order valence-corrected chi connectivity index (χ2v) is 14.8. The lowest BCUT2D eigenvalue weighted by Gasteiger charge is -2.24. The van der Waals surface area contributed by atoms with Crippen molar-refractivity contribution >= 4 is 54.3 Å². The van der Waals surface area contributed by atoms with Crippen LogP contribution >= 0.6 is 0 Å². The molecule has 0 amide bonds. The van der Waals surface area contributed by atoms with Gasteiger partial charge in [-0.25, -0.2) is 0 Å². The fourth-order valence-electron chi connectivity index (χ4n) is 9.33. The van der Waals surface area contributed by atoms with E-state index in [1.165, 1.54) is 88.0 Å². The Morgan fingerprint density at radius 1 is 0.346 bits per heavy atom. The van der Waals surface area contributed by atoms with E-state index in [9.17, 15) is 0 Å². The molecule has 1 heteroatoms. The van der Waals surface area contributed by atoms with Gasteiger partial charge in [0.05, 0.1) is 0 Å². The molecule has 0 aliphatic heterocycles. The van der Waals surface area contributed by atoms with Crippen LogP contribution in [-0.4, -0.2) is 0 Å². The molecule has 9 aromatic carbocycles. The Labute approximate surface area is 302 Å². The molecule has 1 aromatic heterocycles. The Balaban J connectivity index is 1.17. The summed E-state index contributed by atoms with van der Waals surface area (Å²) in [5, 5.41) is 9.91. The molecule has 0 saturated carbocycles. The standard InChI is InChI=1S/C51H34O/c1-51(2)45-22-12-10-16-34(45)43-28-40(41-29-42-35-17-11-13-23-46(35)52-47(42)30-44(41)50(43)51)31-24-26-33(27-25-31)49-38-20-8-6-18-36(38)48(32-14-4-3-5-15-32)37-19-7-9-21-39(37)49/h3-30H,1-2H3. The normalized spacial score (nSPS) is 13.3. The van der Waals surface area contributed by atoms with E-state index in [0.29, 0.717) is 0 Å². The van der Waals surface area contributed by atoms with Crippen molar-refractivity contribution in [2.24, 2.45) is 0 Å². The maximum atomic E-state index is 6.48. The summed E-state index contributed by atoms with van der Waals surface area (Å²) < 4.78 is 6.48. The van der Waals surface area contributed by atoms with Gasteiger partial charge in [-0.2, -0.15) is 0 Å². The molecule has 52 heavy (non-hydrogen) atoms. The first-order chi connectivity index (χ1) is 25.6. The number of hydrogen-bond donors (Lipinski definition) is 0. The molecule has 1 aliphatic rings. The number of rotatable bonds is 3. The minimum atomic E-state index is -0.139. The van der Waals surface area contributed by atoms with E-state index in [1.54, 1.807) is 0 Å². The first-order valence-corrected chi connectivity index (χ1v) is 18.2. The van der Waals surface area contributed by atoms with E-state index in [2.05, 4.69) is 184 Å². The average molecular weight is 663 g/mol. The van der Waals surface area contributed by atoms with Gasteiger partial charge < -0.3 is 4.42 Å². The average Bonchev–Trinajstić information content (AvgIpc) is 3.67. The zero-order valence-corrected chi connectivity index (χ0v) is 29.1. The van der Waals surface area contributed by atoms with Crippen molar-refractivity contribution in [3.05, 3.63) is 181 Å². The monoisotopic (exact) mass is 662 g/mol. The van der Waals surface area contributed by atoms with E-state index in [4.69, 9.17) is 4.42 Å². The lowest BCUT2D eigenvalue weighted by molar-refractivity contribution is 0.663. The molecule has 0 atom stereocenters. The van der Waals surface area contributed by atoms with Gasteiger partial charge in [0.1, 0.15) is 11.2 Å². The van der Waals surface area contributed by atoms with Crippen LogP contribution in [0.25, 0.3) is 98.8 Å². The highest BCUT2D eigenvalue weighted by atomic mass is 16.3. The van der Waals surface area contributed by atoms with Crippen molar-refractivity contribution < 1.29 is 4.42 Å². The predicted octanol–water partition coefficient (Wildman–Crippen LogP) is 14.4. The van der Waals surface area contributed by atoms with Crippen LogP contribution in [0.2, 0.25) is 0 Å². The zero-order chi connectivity index (χ0) is 34.6. The Morgan fingerprint density at radius 3 is 1.56 bits per heavy atom. The second kappa shape index (κ2) is 10.8. The summed E-state index contributed by atoms with van der Waals surface area (Å²) in [4.78, 5) is 0. The number of hydrogen-bond acceptors (Lipinski definition) is 1. The molecule has 1 heterocycles. The van der Waals surface area contributed by atoms with Gasteiger partial charge in [-0.05, 0) is 112 Å². The van der Waals surface area contributed by atoms with Crippen LogP contribution in [-0.2, 0) is 5.41 Å². The van der Waals surface area contributed by atoms with Crippen molar-refractivity contribution in [3.8, 4) is 44.5 Å². The van der Waals surface area contributed by atoms with Crippen molar-refractivity contribution in [1.82, 2.24) is 0 Å². The second-order valence-electron chi connectivity index (χ2n) is 14.8. The molecule has 0 fully saturated rings. The van der Waals surface area contributed by atoms with Gasteiger partial charge in [0.2, 0.25) is 0 Å². The third kappa shape index (κ3) is 4.05. The molecule has 244 valence electrons. The van der Waals surface area contributed by atoms with E-state index < -0.39 is 0 Å². The van der Waals surface area contributed by atoms with Crippen LogP contribution in [0.1, 0.15) is 25.0 Å². The molecule has 10 aromatic rings. The summed E-state index contributed by atoms with van der Waals surface area (Å²) in [7, 11) is 0. The molecule has 0 unspecified atom stereocenters. The summed E-state index contributed by atoms with van der Waals surface area (Å²) in [5.41, 5.74) is 14.6. The van der Waals surface area contributed by atoms with Crippen molar-refractivity contribution in [3.63, 3.8) is 0 Å². The summed E-state index contributed by atoms with van der Waals surface area (Å²) in [6.07, 6.45) is 0. The highest BCUT2D eigenvalue weighted by Crippen LogP contribution is 2.54. The fraction of sp³-hybridized carbons (Fsp3) is 0.0588. The molecule has 0 N–H and O–H groups in total. The van der Waals surface area contributed by atoms with Crippen molar-refractivity contribution in [2.75, 3.05) is 0 Å². The molecular weight excluding hydrogens is 629 g/mol. The number of benzene rings is 9. The molecular formula is C51H34O. The molecule has 1 nitrogen and oxygen atoms in total. The highest BCUT2D eigenvalue weighted by molar-refractivity contribution is 6.21. The summed E-state index contributed by atoms with van der Waals surface area (Å²) in [6.45, 7) is 4.73. The summed E-state index contributed by atoms with van der Waals surface area (Å²) in [6, 6.07) is 62.4. The molecule has 0 bridgehead atoms. The first kappa shape index (κ1) is 29.3. The Hall–Kier alpha value is -6.44. The smallest absolute Gasteiger partial charge is 0.136 e. The van der Waals surface area contributed by atoms with Crippen LogP contribution in [0.5, 0.6) is 0 Å². The number of para-hydroxylation sites is 1. The van der Waals surface area contributed by atoms with Crippen LogP contribution in [0.15, 0.2) is 174 Å². The molecule has 0 radical (unpaired) electrons. The molecule has 1 aliphatic carbocycles. The quantitative estimate of drug-likeness (QED) is 0.172. The lowest BCUT2D eigenvalue weighted by Crippen LogP contribution is -2.15. The van der Waals surface area contributed by atoms with E-state index in [0.717, 1.165) is 21.9 Å². The van der Waals surface area contributed by atoms with Gasteiger partial charge in [-0.1, -0.05) is 159 Å². The molecule has 0 saturated heterocycles. The van der Waals surface area contributed by atoms with Gasteiger partial charge >= 0.3 is 0 Å². The Kier molecular flexibility index (Phi) is 6.08. The number of furan rings is 1. The number of fused-ring (bicyclic) bond motifs is 10. The zero-order valence-electron chi connectivity index (χ0n) is 29.1. The Morgan fingerprint density at radius 2 is 0.885 bits per heavy atom. The molecule has 0 spiro atoms. The minimum absolute atomic E-state index is 0.139. The van der Waals surface area contributed by atoms with E-state index >= 15 is 0 Å². The minimum Gasteiger partial charge on any atom is -0.456 e. The van der Waals surface area contributed by atoms with Gasteiger partial charge in [-0.15, -0.1) is 0 Å². The van der Waals surface area contributed by atoms with Gasteiger partial charge in [0.25, 0.3) is 0 Å². The van der Waals surface area contributed by atoms with Gasteiger partial charge in [0, 0.05) is 16.2 Å². The maximum absolute atomic E-state index is 6.48. The van der Waals surface area contributed by atoms with Crippen LogP contribution < -0.4 is 0 Å². The van der Waals surface area contributed by atoms with Gasteiger partial charge in [-0.3, -0.25) is 0 Å². The molecule has 11 rings (SSSR count). The van der Waals surface area contributed by atoms with Crippen LogP contribution in [0.4, 0.5) is 0 Å². The third-order valence-corrected chi connectivity index (χ3v) is 11.6. The predicted molar refractivity (Wildman–Crippen MR) is 220 cm³/mol. The van der Waals surface area contributed by atoms with E-state index in [1.807, 2.05) is 0 Å². The third-order valence-electron chi connectivity index (χ3n) is 11.6. The topological polar surface area (TPSA) is 13.1 Å². The first-order valence-electron chi connectivity index (χ1n) is 18.2. The maximum Gasteiger partial charge on any atom is 0.136 e. The highest BCUT2D eigenvalue weighted by Gasteiger charge is 2.37. The van der Waals surface area contributed by atoms with Crippen molar-refractivity contribution in [1.29, 1.82) is 0 Å². The SMILES string of the molecule is CC1(C)c2ccccc2-c2cc(-c3ccc(-c4c5ccccc5c(-c5ccccc5)c5ccccc45)cc3)c3cc4c(cc3c21)oc1ccccc14. The summed E-state index contributed by atoms with van der Waals surface area (Å²) >= 11 is 0. The van der Waals surface area contributed by atoms with E-state index in [-0.39, 0.29) is 5.41 Å². The van der Waals surface area contributed by atoms with Crippen molar-refractivity contribution in [2.45, 2.75) is 19.3 Å². The summed E-state index contributed by atoms with van der Waals surface area (Å²) in [5.74, 6) is 0. The van der Waals surface area contributed by atoms with Crippen LogP contribution in [0.3, 0.4) is 0 Å². The Bertz CT molecular complexity index is 3010. The van der Waals surface area contributed by atoms with Gasteiger partial charge in [0.15, 0.2) is 0 Å². The largest absolute Gasteiger partial charge is 0.456 e. The lowest BCUT2D eigenvalue weighted by atomic mass is 9.79. The fourth-order valence-corrected chi connectivity index (χ4v) is 9.33. The van der Waals surface area contributed by atoms with Crippen LogP contribution in [0, 0.1) is 0 Å².